The van der Waals surface area contributed by atoms with Crippen LogP contribution in [-0.4, -0.2) is 37.5 Å². The van der Waals surface area contributed by atoms with Crippen LogP contribution in [0.4, 0.5) is 0 Å². The average Bonchev–Trinajstić information content (AvgIpc) is 2.73. The summed E-state index contributed by atoms with van der Waals surface area (Å²) in [6.07, 6.45) is 8.24. The van der Waals surface area contributed by atoms with E-state index in [0.29, 0.717) is 5.41 Å². The minimum absolute atomic E-state index is 0. The van der Waals surface area contributed by atoms with Crippen LogP contribution in [-0.2, 0) is 0 Å². The van der Waals surface area contributed by atoms with Gasteiger partial charge in [0.05, 0.1) is 0 Å². The SMILES string of the molecule is CN=C(NCCCC(C)C)N1CCC2(CCC2)C1.I. The fourth-order valence-electron chi connectivity index (χ4n) is 3.24. The van der Waals surface area contributed by atoms with E-state index in [1.165, 1.54) is 51.6 Å². The van der Waals surface area contributed by atoms with Gasteiger partial charge in [-0.25, -0.2) is 0 Å². The van der Waals surface area contributed by atoms with Gasteiger partial charge in [0.2, 0.25) is 0 Å². The first-order valence-electron chi connectivity index (χ1n) is 7.61. The molecule has 2 aliphatic rings. The highest BCUT2D eigenvalue weighted by Gasteiger charge is 2.43. The predicted octanol–water partition coefficient (Wildman–Crippen LogP) is 3.49. The van der Waals surface area contributed by atoms with Gasteiger partial charge in [0, 0.05) is 26.7 Å². The van der Waals surface area contributed by atoms with Crippen LogP contribution < -0.4 is 5.32 Å². The molecule has 1 heterocycles. The van der Waals surface area contributed by atoms with Crippen molar-refractivity contribution in [3.63, 3.8) is 0 Å². The topological polar surface area (TPSA) is 27.6 Å². The normalized spacial score (nSPS) is 21.5. The van der Waals surface area contributed by atoms with E-state index >= 15 is 0 Å². The number of likely N-dealkylation sites (tertiary alicyclic amines) is 1. The van der Waals surface area contributed by atoms with E-state index in [9.17, 15) is 0 Å². The number of nitrogens with one attached hydrogen (secondary N) is 1. The van der Waals surface area contributed by atoms with Crippen molar-refractivity contribution in [2.24, 2.45) is 16.3 Å². The van der Waals surface area contributed by atoms with Gasteiger partial charge in [0.1, 0.15) is 0 Å². The Morgan fingerprint density at radius 1 is 1.32 bits per heavy atom. The molecule has 112 valence electrons. The van der Waals surface area contributed by atoms with E-state index in [-0.39, 0.29) is 24.0 Å². The number of nitrogens with zero attached hydrogens (tertiary/aromatic N) is 2. The maximum absolute atomic E-state index is 4.44. The lowest BCUT2D eigenvalue weighted by atomic mass is 9.68. The second-order valence-corrected chi connectivity index (χ2v) is 6.54. The van der Waals surface area contributed by atoms with Crippen molar-refractivity contribution in [2.75, 3.05) is 26.7 Å². The molecule has 1 aliphatic carbocycles. The second-order valence-electron chi connectivity index (χ2n) is 6.54. The van der Waals surface area contributed by atoms with Crippen LogP contribution >= 0.6 is 24.0 Å². The molecule has 0 bridgehead atoms. The molecule has 1 saturated carbocycles. The fraction of sp³-hybridized carbons (Fsp3) is 0.933. The maximum atomic E-state index is 4.44. The number of rotatable bonds is 4. The van der Waals surface area contributed by atoms with Crippen LogP contribution in [0, 0.1) is 11.3 Å². The summed E-state index contributed by atoms with van der Waals surface area (Å²) in [6.45, 7) is 8.07. The first-order chi connectivity index (χ1) is 8.65. The highest BCUT2D eigenvalue weighted by Crippen LogP contribution is 2.47. The molecule has 2 rings (SSSR count). The Hall–Kier alpha value is 0. The van der Waals surface area contributed by atoms with Gasteiger partial charge in [-0.1, -0.05) is 20.3 Å². The molecule has 0 aromatic heterocycles. The second kappa shape index (κ2) is 7.70. The quantitative estimate of drug-likeness (QED) is 0.351. The summed E-state index contributed by atoms with van der Waals surface area (Å²) in [7, 11) is 1.91. The monoisotopic (exact) mass is 379 g/mol. The standard InChI is InChI=1S/C15H29N3.HI/c1-13(2)6-4-10-17-14(16-3)18-11-9-15(12-18)7-5-8-15;/h13H,4-12H2,1-3H3,(H,16,17);1H. The van der Waals surface area contributed by atoms with Gasteiger partial charge in [-0.05, 0) is 43.4 Å². The Labute approximate surface area is 135 Å². The number of halogens is 1. The van der Waals surface area contributed by atoms with E-state index in [4.69, 9.17) is 0 Å². The van der Waals surface area contributed by atoms with Gasteiger partial charge in [-0.2, -0.15) is 0 Å². The van der Waals surface area contributed by atoms with Gasteiger partial charge in [-0.3, -0.25) is 4.99 Å². The Bertz CT molecular complexity index is 298. The van der Waals surface area contributed by atoms with E-state index in [2.05, 4.69) is 29.1 Å². The average molecular weight is 379 g/mol. The number of hydrogen-bond donors (Lipinski definition) is 1. The largest absolute Gasteiger partial charge is 0.356 e. The molecule has 1 spiro atoms. The van der Waals surface area contributed by atoms with Crippen LogP contribution in [0.1, 0.15) is 52.4 Å². The highest BCUT2D eigenvalue weighted by molar-refractivity contribution is 14.0. The summed E-state index contributed by atoms with van der Waals surface area (Å²) in [5.41, 5.74) is 0.662. The third-order valence-electron chi connectivity index (χ3n) is 4.61. The van der Waals surface area contributed by atoms with Crippen LogP contribution in [0.15, 0.2) is 4.99 Å². The van der Waals surface area contributed by atoms with Crippen molar-refractivity contribution in [1.29, 1.82) is 0 Å². The molecule has 0 atom stereocenters. The minimum atomic E-state index is 0. The summed E-state index contributed by atoms with van der Waals surface area (Å²) in [4.78, 5) is 6.91. The lowest BCUT2D eigenvalue weighted by molar-refractivity contribution is 0.151. The van der Waals surface area contributed by atoms with Crippen molar-refractivity contribution in [3.8, 4) is 0 Å². The predicted molar refractivity (Wildman–Crippen MR) is 93.3 cm³/mol. The molecule has 19 heavy (non-hydrogen) atoms. The van der Waals surface area contributed by atoms with Crippen molar-refractivity contribution in [2.45, 2.75) is 52.4 Å². The zero-order valence-corrected chi connectivity index (χ0v) is 15.1. The van der Waals surface area contributed by atoms with E-state index in [1.807, 2.05) is 7.05 Å². The Morgan fingerprint density at radius 3 is 2.53 bits per heavy atom. The molecule has 0 aromatic rings. The zero-order chi connectivity index (χ0) is 13.0. The smallest absolute Gasteiger partial charge is 0.193 e. The molecule has 1 saturated heterocycles. The van der Waals surface area contributed by atoms with Gasteiger partial charge >= 0.3 is 0 Å². The van der Waals surface area contributed by atoms with Crippen molar-refractivity contribution < 1.29 is 0 Å². The highest BCUT2D eigenvalue weighted by atomic mass is 127. The molecule has 0 unspecified atom stereocenters. The third kappa shape index (κ3) is 4.50. The fourth-order valence-corrected chi connectivity index (χ4v) is 3.24. The summed E-state index contributed by atoms with van der Waals surface area (Å²) in [5.74, 6) is 1.93. The number of aliphatic imine (C=N–C) groups is 1. The van der Waals surface area contributed by atoms with Gasteiger partial charge in [-0.15, -0.1) is 24.0 Å². The van der Waals surface area contributed by atoms with Crippen molar-refractivity contribution in [3.05, 3.63) is 0 Å². The first kappa shape index (κ1) is 17.1. The van der Waals surface area contributed by atoms with Crippen molar-refractivity contribution >= 4 is 29.9 Å². The summed E-state index contributed by atoms with van der Waals surface area (Å²) >= 11 is 0. The van der Waals surface area contributed by atoms with E-state index in [1.54, 1.807) is 0 Å². The molecular weight excluding hydrogens is 349 g/mol. The minimum Gasteiger partial charge on any atom is -0.356 e. The third-order valence-corrected chi connectivity index (χ3v) is 4.61. The first-order valence-corrected chi connectivity index (χ1v) is 7.61. The zero-order valence-electron chi connectivity index (χ0n) is 12.7. The summed E-state index contributed by atoms with van der Waals surface area (Å²) < 4.78 is 0. The van der Waals surface area contributed by atoms with Crippen LogP contribution in [0.3, 0.4) is 0 Å². The number of guanidine groups is 1. The van der Waals surface area contributed by atoms with E-state index < -0.39 is 0 Å². The van der Waals surface area contributed by atoms with E-state index in [0.717, 1.165) is 18.4 Å². The maximum Gasteiger partial charge on any atom is 0.193 e. The molecule has 1 aliphatic heterocycles. The Morgan fingerprint density at radius 2 is 2.05 bits per heavy atom. The molecular formula is C15H30IN3. The molecule has 3 nitrogen and oxygen atoms in total. The molecule has 1 N–H and O–H groups in total. The molecule has 4 heteroatoms. The summed E-state index contributed by atoms with van der Waals surface area (Å²) in [5, 5.41) is 3.53. The van der Waals surface area contributed by atoms with Crippen LogP contribution in [0.5, 0.6) is 0 Å². The van der Waals surface area contributed by atoms with Crippen LogP contribution in [0.2, 0.25) is 0 Å². The van der Waals surface area contributed by atoms with Crippen molar-refractivity contribution in [1.82, 2.24) is 10.2 Å². The lowest BCUT2D eigenvalue weighted by Crippen LogP contribution is -2.42. The van der Waals surface area contributed by atoms with Gasteiger partial charge < -0.3 is 10.2 Å². The molecule has 0 radical (unpaired) electrons. The van der Waals surface area contributed by atoms with Crippen LogP contribution in [0.25, 0.3) is 0 Å². The summed E-state index contributed by atoms with van der Waals surface area (Å²) in [6, 6.07) is 0. The van der Waals surface area contributed by atoms with Gasteiger partial charge in [0.25, 0.3) is 0 Å². The Kier molecular flexibility index (Phi) is 6.91. The van der Waals surface area contributed by atoms with Gasteiger partial charge in [0.15, 0.2) is 5.96 Å². The molecule has 0 aromatic carbocycles. The lowest BCUT2D eigenvalue weighted by Gasteiger charge is -2.38. The number of hydrogen-bond acceptors (Lipinski definition) is 1. The molecule has 0 amide bonds. The molecule has 2 fully saturated rings. The Balaban J connectivity index is 0.00000180.